The van der Waals surface area contributed by atoms with Gasteiger partial charge in [0.15, 0.2) is 0 Å². The van der Waals surface area contributed by atoms with Crippen molar-refractivity contribution in [3.63, 3.8) is 0 Å². The molecule has 2 aliphatic rings. The molecule has 3 heteroatoms. The van der Waals surface area contributed by atoms with Crippen molar-refractivity contribution in [3.05, 3.63) is 34.9 Å². The second-order valence-electron chi connectivity index (χ2n) is 6.71. The molecule has 0 radical (unpaired) electrons. The van der Waals surface area contributed by atoms with Crippen molar-refractivity contribution in [3.8, 4) is 0 Å². The Morgan fingerprint density at radius 2 is 2.15 bits per heavy atom. The number of fused-ring (bicyclic) bond motifs is 1. The lowest BCUT2D eigenvalue weighted by Gasteiger charge is -2.22. The molecule has 1 aliphatic carbocycles. The molecule has 1 heterocycles. The largest absolute Gasteiger partial charge is 0.342 e. The van der Waals surface area contributed by atoms with Crippen LogP contribution >= 0.6 is 0 Å². The molecule has 0 aromatic heterocycles. The number of hydrogen-bond donors (Lipinski definition) is 1. The first kappa shape index (κ1) is 13.6. The van der Waals surface area contributed by atoms with E-state index in [1.54, 1.807) is 0 Å². The predicted molar refractivity (Wildman–Crippen MR) is 80.5 cm³/mol. The summed E-state index contributed by atoms with van der Waals surface area (Å²) in [5.41, 5.74) is 10.0. The summed E-state index contributed by atoms with van der Waals surface area (Å²) in [6.07, 6.45) is 5.19. The van der Waals surface area contributed by atoms with Crippen LogP contribution in [0.25, 0.3) is 0 Å². The zero-order valence-electron chi connectivity index (χ0n) is 12.3. The van der Waals surface area contributed by atoms with Crippen LogP contribution in [0.1, 0.15) is 36.5 Å². The van der Waals surface area contributed by atoms with E-state index in [2.05, 4.69) is 25.1 Å². The molecule has 3 nitrogen and oxygen atoms in total. The predicted octanol–water partition coefficient (Wildman–Crippen LogP) is 1.92. The van der Waals surface area contributed by atoms with Gasteiger partial charge < -0.3 is 10.6 Å². The molecule has 3 rings (SSSR count). The summed E-state index contributed by atoms with van der Waals surface area (Å²) in [4.78, 5) is 14.4. The number of benzene rings is 1. The Bertz CT molecular complexity index is 526. The van der Waals surface area contributed by atoms with Crippen LogP contribution in [-0.4, -0.2) is 30.4 Å². The number of amides is 1. The van der Waals surface area contributed by atoms with Gasteiger partial charge in [-0.15, -0.1) is 0 Å². The van der Waals surface area contributed by atoms with Gasteiger partial charge in [0.2, 0.25) is 5.91 Å². The summed E-state index contributed by atoms with van der Waals surface area (Å²) in [5.74, 6) is 0.250. The molecule has 1 aliphatic heterocycles. The fourth-order valence-electron chi connectivity index (χ4n) is 3.42. The highest BCUT2D eigenvalue weighted by Gasteiger charge is 2.34. The molecule has 2 N–H and O–H groups in total. The summed E-state index contributed by atoms with van der Waals surface area (Å²) in [5, 5.41) is 0. The van der Waals surface area contributed by atoms with E-state index in [1.165, 1.54) is 30.4 Å². The molecule has 1 aromatic rings. The van der Waals surface area contributed by atoms with Gasteiger partial charge in [-0.2, -0.15) is 0 Å². The molecule has 1 amide bonds. The van der Waals surface area contributed by atoms with E-state index in [9.17, 15) is 4.79 Å². The van der Waals surface area contributed by atoms with Crippen molar-refractivity contribution in [2.24, 2.45) is 11.1 Å². The van der Waals surface area contributed by atoms with E-state index < -0.39 is 0 Å². The van der Waals surface area contributed by atoms with Gasteiger partial charge in [-0.05, 0) is 54.3 Å². The first-order chi connectivity index (χ1) is 9.59. The summed E-state index contributed by atoms with van der Waals surface area (Å²) >= 11 is 0. The number of likely N-dealkylation sites (tertiary alicyclic amines) is 1. The van der Waals surface area contributed by atoms with E-state index in [0.717, 1.165) is 25.1 Å². The van der Waals surface area contributed by atoms with E-state index in [1.807, 2.05) is 4.90 Å². The third kappa shape index (κ3) is 2.59. The number of nitrogens with two attached hydrogens (primary N) is 1. The standard InChI is InChI=1S/C17H24N2O/c1-17(11-18)7-8-19(12-17)16(20)10-13-5-6-14-3-2-4-15(14)9-13/h5-6,9H,2-4,7-8,10-12,18H2,1H3. The average molecular weight is 272 g/mol. The lowest BCUT2D eigenvalue weighted by Crippen LogP contribution is -2.35. The normalized spacial score (nSPS) is 25.0. The fourth-order valence-corrected chi connectivity index (χ4v) is 3.42. The molecular weight excluding hydrogens is 248 g/mol. The molecular formula is C17H24N2O. The van der Waals surface area contributed by atoms with Crippen molar-refractivity contribution in [1.82, 2.24) is 4.90 Å². The van der Waals surface area contributed by atoms with E-state index in [4.69, 9.17) is 5.73 Å². The Balaban J connectivity index is 1.65. The molecule has 1 atom stereocenters. The number of carbonyl (C=O) groups is 1. The van der Waals surface area contributed by atoms with Gasteiger partial charge in [0.1, 0.15) is 0 Å². The summed E-state index contributed by atoms with van der Waals surface area (Å²) in [7, 11) is 0. The first-order valence-corrected chi connectivity index (χ1v) is 7.68. The molecule has 20 heavy (non-hydrogen) atoms. The van der Waals surface area contributed by atoms with Gasteiger partial charge in [-0.1, -0.05) is 25.1 Å². The fraction of sp³-hybridized carbons (Fsp3) is 0.588. The Hall–Kier alpha value is -1.35. The second kappa shape index (κ2) is 5.21. The highest BCUT2D eigenvalue weighted by molar-refractivity contribution is 5.79. The lowest BCUT2D eigenvalue weighted by molar-refractivity contribution is -0.129. The van der Waals surface area contributed by atoms with Crippen LogP contribution in [0.2, 0.25) is 0 Å². The van der Waals surface area contributed by atoms with Crippen LogP contribution < -0.4 is 5.73 Å². The smallest absolute Gasteiger partial charge is 0.227 e. The molecule has 108 valence electrons. The highest BCUT2D eigenvalue weighted by Crippen LogP contribution is 2.29. The van der Waals surface area contributed by atoms with Crippen LogP contribution in [-0.2, 0) is 24.1 Å². The van der Waals surface area contributed by atoms with Crippen molar-refractivity contribution in [2.45, 2.75) is 39.0 Å². The Morgan fingerprint density at radius 1 is 1.35 bits per heavy atom. The monoisotopic (exact) mass is 272 g/mol. The number of rotatable bonds is 3. The minimum atomic E-state index is 0.119. The van der Waals surface area contributed by atoms with Crippen molar-refractivity contribution in [1.29, 1.82) is 0 Å². The quantitative estimate of drug-likeness (QED) is 0.913. The highest BCUT2D eigenvalue weighted by atomic mass is 16.2. The lowest BCUT2D eigenvalue weighted by atomic mass is 9.90. The van der Waals surface area contributed by atoms with Crippen LogP contribution in [0.5, 0.6) is 0 Å². The van der Waals surface area contributed by atoms with Crippen LogP contribution in [0, 0.1) is 5.41 Å². The molecule has 0 saturated carbocycles. The third-order valence-electron chi connectivity index (χ3n) is 4.92. The maximum absolute atomic E-state index is 12.4. The Kier molecular flexibility index (Phi) is 3.55. The van der Waals surface area contributed by atoms with E-state index in [0.29, 0.717) is 13.0 Å². The van der Waals surface area contributed by atoms with Crippen LogP contribution in [0.15, 0.2) is 18.2 Å². The molecule has 1 fully saturated rings. The van der Waals surface area contributed by atoms with Gasteiger partial charge in [-0.25, -0.2) is 0 Å². The van der Waals surface area contributed by atoms with Crippen LogP contribution in [0.4, 0.5) is 0 Å². The zero-order valence-corrected chi connectivity index (χ0v) is 12.3. The maximum atomic E-state index is 12.4. The second-order valence-corrected chi connectivity index (χ2v) is 6.71. The number of hydrogen-bond acceptors (Lipinski definition) is 2. The minimum Gasteiger partial charge on any atom is -0.342 e. The first-order valence-electron chi connectivity index (χ1n) is 7.68. The summed E-state index contributed by atoms with van der Waals surface area (Å²) in [6, 6.07) is 6.57. The summed E-state index contributed by atoms with van der Waals surface area (Å²) in [6.45, 7) is 4.51. The zero-order chi connectivity index (χ0) is 14.2. The minimum absolute atomic E-state index is 0.119. The maximum Gasteiger partial charge on any atom is 0.227 e. The molecule has 0 spiro atoms. The molecule has 0 bridgehead atoms. The Labute approximate surface area is 121 Å². The van der Waals surface area contributed by atoms with Gasteiger partial charge >= 0.3 is 0 Å². The average Bonchev–Trinajstić information content (AvgIpc) is 3.05. The Morgan fingerprint density at radius 3 is 2.90 bits per heavy atom. The van der Waals surface area contributed by atoms with Gasteiger partial charge in [0.05, 0.1) is 6.42 Å². The van der Waals surface area contributed by atoms with Gasteiger partial charge in [-0.3, -0.25) is 4.79 Å². The SMILES string of the molecule is CC1(CN)CCN(C(=O)Cc2ccc3c(c2)CCC3)C1. The third-order valence-corrected chi connectivity index (χ3v) is 4.92. The van der Waals surface area contributed by atoms with Gasteiger partial charge in [0, 0.05) is 13.1 Å². The van der Waals surface area contributed by atoms with E-state index >= 15 is 0 Å². The molecule has 1 saturated heterocycles. The molecule has 1 unspecified atom stereocenters. The number of carbonyl (C=O) groups excluding carboxylic acids is 1. The van der Waals surface area contributed by atoms with Crippen molar-refractivity contribution in [2.75, 3.05) is 19.6 Å². The summed E-state index contributed by atoms with van der Waals surface area (Å²) < 4.78 is 0. The van der Waals surface area contributed by atoms with Crippen molar-refractivity contribution < 1.29 is 4.79 Å². The van der Waals surface area contributed by atoms with Gasteiger partial charge in [0.25, 0.3) is 0 Å². The number of nitrogens with zero attached hydrogens (tertiary/aromatic N) is 1. The number of aryl methyl sites for hydroxylation is 2. The molecule has 1 aromatic carbocycles. The van der Waals surface area contributed by atoms with E-state index in [-0.39, 0.29) is 11.3 Å². The van der Waals surface area contributed by atoms with Crippen LogP contribution in [0.3, 0.4) is 0 Å². The topological polar surface area (TPSA) is 46.3 Å². The van der Waals surface area contributed by atoms with Crippen molar-refractivity contribution >= 4 is 5.91 Å².